The van der Waals surface area contributed by atoms with E-state index in [1.165, 1.54) is 0 Å². The maximum atomic E-state index is 15.3. The van der Waals surface area contributed by atoms with Crippen LogP contribution >= 0.6 is 0 Å². The molecule has 3 aliphatic carbocycles. The molecular weight excluding hydrogens is 433 g/mol. The molecule has 4 atom stereocenters. The second-order valence-corrected chi connectivity index (χ2v) is 9.38. The van der Waals surface area contributed by atoms with Crippen LogP contribution in [-0.2, 0) is 29.1 Å². The first-order valence-electron chi connectivity index (χ1n) is 10.7. The molecule has 1 heterocycles. The number of carbonyl (C=O) groups excluding carboxylic acids is 3. The van der Waals surface area contributed by atoms with E-state index in [1.54, 1.807) is 19.0 Å². The highest BCUT2D eigenvalue weighted by atomic mass is 19.1. The Hall–Kier alpha value is -3.24. The van der Waals surface area contributed by atoms with Crippen LogP contribution in [0.25, 0.3) is 0 Å². The molecule has 0 bridgehead atoms. The number of hydrogen-bond donors (Lipinski definition) is 5. The summed E-state index contributed by atoms with van der Waals surface area (Å²) in [5, 5.41) is 35.6. The Labute approximate surface area is 188 Å². The fourth-order valence-corrected chi connectivity index (χ4v) is 6.15. The van der Waals surface area contributed by atoms with Gasteiger partial charge in [0.15, 0.2) is 11.6 Å². The summed E-state index contributed by atoms with van der Waals surface area (Å²) in [7, 11) is 3.30. The van der Waals surface area contributed by atoms with Gasteiger partial charge in [-0.1, -0.05) is 0 Å². The van der Waals surface area contributed by atoms with Gasteiger partial charge in [0.1, 0.15) is 28.7 Å². The van der Waals surface area contributed by atoms with Crippen molar-refractivity contribution in [3.63, 3.8) is 0 Å². The minimum absolute atomic E-state index is 0.0534. The van der Waals surface area contributed by atoms with Crippen LogP contribution in [0.2, 0.25) is 0 Å². The summed E-state index contributed by atoms with van der Waals surface area (Å²) in [6.07, 6.45) is 0.243. The van der Waals surface area contributed by atoms with Crippen LogP contribution in [0.1, 0.15) is 33.5 Å². The number of aliphatic hydroxyl groups is 2. The number of ketones is 2. The Morgan fingerprint density at radius 3 is 2.39 bits per heavy atom. The molecule has 0 spiro atoms. The first-order valence-corrected chi connectivity index (χ1v) is 10.7. The van der Waals surface area contributed by atoms with Gasteiger partial charge in [0.25, 0.3) is 5.91 Å². The summed E-state index contributed by atoms with van der Waals surface area (Å²) >= 11 is 0. The molecule has 0 aromatic heterocycles. The molecule has 5 rings (SSSR count). The van der Waals surface area contributed by atoms with Crippen LogP contribution in [0.15, 0.2) is 22.7 Å². The maximum Gasteiger partial charge on any atom is 0.255 e. The largest absolute Gasteiger partial charge is 0.511 e. The average molecular weight is 457 g/mol. The first kappa shape index (κ1) is 21.6. The van der Waals surface area contributed by atoms with Crippen molar-refractivity contribution in [2.75, 3.05) is 14.1 Å². The summed E-state index contributed by atoms with van der Waals surface area (Å²) < 4.78 is 15.3. The molecule has 6 N–H and O–H groups in total. The van der Waals surface area contributed by atoms with Crippen LogP contribution in [0, 0.1) is 23.6 Å². The van der Waals surface area contributed by atoms with Gasteiger partial charge in [-0.15, -0.1) is 0 Å². The first-order chi connectivity index (χ1) is 15.6. The Balaban J connectivity index is 1.70. The van der Waals surface area contributed by atoms with E-state index in [2.05, 4.69) is 5.32 Å². The number of nitrogens with two attached hydrogens (primary N) is 1. The lowest BCUT2D eigenvalue weighted by Crippen LogP contribution is -2.53. The van der Waals surface area contributed by atoms with E-state index in [9.17, 15) is 29.7 Å². The lowest BCUT2D eigenvalue weighted by Gasteiger charge is -2.46. The summed E-state index contributed by atoms with van der Waals surface area (Å²) in [6.45, 7) is 0.456. The fourth-order valence-electron chi connectivity index (χ4n) is 6.15. The number of nitrogens with zero attached hydrogens (tertiary/aromatic N) is 1. The van der Waals surface area contributed by atoms with Gasteiger partial charge in [-0.05, 0) is 38.8 Å². The van der Waals surface area contributed by atoms with E-state index < -0.39 is 64.2 Å². The van der Waals surface area contributed by atoms with Crippen molar-refractivity contribution in [3.8, 4) is 5.75 Å². The summed E-state index contributed by atoms with van der Waals surface area (Å²) in [6, 6.07) is -0.808. The number of Topliss-reactive ketones (excluding diaryl/α,β-unsaturated/α-hetero) is 2. The third kappa shape index (κ3) is 2.74. The van der Waals surface area contributed by atoms with Crippen LogP contribution in [0.4, 0.5) is 4.39 Å². The predicted molar refractivity (Wildman–Crippen MR) is 113 cm³/mol. The Morgan fingerprint density at radius 2 is 1.76 bits per heavy atom. The number of benzene rings is 1. The fraction of sp³-hybridized carbons (Fsp3) is 0.435. The third-order valence-corrected chi connectivity index (χ3v) is 7.48. The number of phenols is 1. The summed E-state index contributed by atoms with van der Waals surface area (Å²) in [4.78, 5) is 40.2. The SMILES string of the molecule is CN(C)[C@@H]1C(O)=C(C(N)=O)C(=O)C2C(O)=C3C(=O)c4c(O)c5c(c(F)c4C[C@H]3CC21)CNC5. The highest BCUT2D eigenvalue weighted by Crippen LogP contribution is 2.51. The molecule has 33 heavy (non-hydrogen) atoms. The topological polar surface area (TPSA) is 153 Å². The van der Waals surface area contributed by atoms with E-state index >= 15 is 4.39 Å². The lowest BCUT2D eigenvalue weighted by molar-refractivity contribution is -0.127. The van der Waals surface area contributed by atoms with Gasteiger partial charge in [0, 0.05) is 35.4 Å². The van der Waals surface area contributed by atoms with Crippen LogP contribution < -0.4 is 11.1 Å². The van der Waals surface area contributed by atoms with Crippen molar-refractivity contribution in [2.45, 2.75) is 32.0 Å². The number of amides is 1. The zero-order valence-corrected chi connectivity index (χ0v) is 18.1. The molecule has 0 fully saturated rings. The Morgan fingerprint density at radius 1 is 1.09 bits per heavy atom. The molecule has 9 nitrogen and oxygen atoms in total. The number of likely N-dealkylation sites (N-methyl/N-ethyl adjacent to an activating group) is 1. The average Bonchev–Trinajstić information content (AvgIpc) is 3.21. The van der Waals surface area contributed by atoms with Crippen LogP contribution in [0.3, 0.4) is 0 Å². The molecule has 1 aromatic rings. The zero-order chi connectivity index (χ0) is 23.9. The minimum Gasteiger partial charge on any atom is -0.511 e. The van der Waals surface area contributed by atoms with E-state index in [-0.39, 0.29) is 48.4 Å². The van der Waals surface area contributed by atoms with E-state index in [4.69, 9.17) is 5.73 Å². The standard InChI is InChI=1S/C23H24FN3O6/c1-27(2)17-9-4-7-3-8-13(18(28)11-6-26-5-10(11)16(8)24)19(29)12(7)20(30)14(9)21(31)15(22(17)32)23(25)33/h7,9,14,17,26,28,30,32H,3-6H2,1-2H3,(H2,25,33)/t7-,9?,14?,17-/m0/s1. The van der Waals surface area contributed by atoms with Gasteiger partial charge in [0.2, 0.25) is 0 Å². The van der Waals surface area contributed by atoms with Gasteiger partial charge in [-0.25, -0.2) is 4.39 Å². The number of hydrogen-bond acceptors (Lipinski definition) is 8. The highest BCUT2D eigenvalue weighted by Gasteiger charge is 2.54. The lowest BCUT2D eigenvalue weighted by atomic mass is 9.60. The van der Waals surface area contributed by atoms with Crippen LogP contribution in [0.5, 0.6) is 5.75 Å². The number of nitrogens with one attached hydrogen (secondary N) is 1. The molecular formula is C23H24FN3O6. The van der Waals surface area contributed by atoms with Gasteiger partial charge in [-0.3, -0.25) is 19.3 Å². The highest BCUT2D eigenvalue weighted by molar-refractivity contribution is 6.22. The van der Waals surface area contributed by atoms with Crippen molar-refractivity contribution in [3.05, 3.63) is 50.7 Å². The number of allylic oxidation sites excluding steroid dienone is 2. The van der Waals surface area contributed by atoms with E-state index in [1.807, 2.05) is 0 Å². The number of aliphatic hydroxyl groups excluding tert-OH is 2. The molecule has 4 aliphatic rings. The number of fused-ring (bicyclic) bond motifs is 4. The van der Waals surface area contributed by atoms with Crippen molar-refractivity contribution in [2.24, 2.45) is 23.5 Å². The van der Waals surface area contributed by atoms with Crippen LogP contribution in [-0.4, -0.2) is 57.8 Å². The minimum atomic E-state index is -1.25. The van der Waals surface area contributed by atoms with E-state index in [0.29, 0.717) is 11.1 Å². The molecule has 1 aliphatic heterocycles. The predicted octanol–water partition coefficient (Wildman–Crippen LogP) is 0.748. The molecule has 10 heteroatoms. The number of primary amides is 1. The summed E-state index contributed by atoms with van der Waals surface area (Å²) in [5.74, 6) is -7.05. The molecule has 174 valence electrons. The van der Waals surface area contributed by atoms with Crippen molar-refractivity contribution in [1.29, 1.82) is 0 Å². The van der Waals surface area contributed by atoms with Gasteiger partial charge in [0.05, 0.1) is 17.5 Å². The van der Waals surface area contributed by atoms with Gasteiger partial charge >= 0.3 is 0 Å². The van der Waals surface area contributed by atoms with Gasteiger partial charge in [-0.2, -0.15) is 0 Å². The van der Waals surface area contributed by atoms with Crippen molar-refractivity contribution < 1.29 is 34.1 Å². The maximum absolute atomic E-state index is 15.3. The number of aromatic hydroxyl groups is 1. The number of halogens is 1. The second kappa shape index (κ2) is 7.13. The molecule has 1 amide bonds. The molecule has 0 saturated carbocycles. The molecule has 0 saturated heterocycles. The monoisotopic (exact) mass is 457 g/mol. The number of carbonyl (C=O) groups is 3. The normalized spacial score (nSPS) is 28.6. The quantitative estimate of drug-likeness (QED) is 0.408. The number of phenolic OH excluding ortho intramolecular Hbond substituents is 1. The number of rotatable bonds is 2. The molecule has 0 radical (unpaired) electrons. The Kier molecular flexibility index (Phi) is 4.67. The second-order valence-electron chi connectivity index (χ2n) is 9.38. The zero-order valence-electron chi connectivity index (χ0n) is 18.1. The van der Waals surface area contributed by atoms with Crippen molar-refractivity contribution >= 4 is 17.5 Å². The smallest absolute Gasteiger partial charge is 0.255 e. The van der Waals surface area contributed by atoms with E-state index in [0.717, 1.165) is 0 Å². The van der Waals surface area contributed by atoms with Crippen molar-refractivity contribution in [1.82, 2.24) is 10.2 Å². The third-order valence-electron chi connectivity index (χ3n) is 7.48. The molecule has 2 unspecified atom stereocenters. The molecule has 1 aromatic carbocycles. The Bertz CT molecular complexity index is 1220. The summed E-state index contributed by atoms with van der Waals surface area (Å²) in [5.41, 5.74) is 5.25. The van der Waals surface area contributed by atoms with Gasteiger partial charge < -0.3 is 26.4 Å².